The SMILES string of the molecule is CC(C)C(NC(=O)OCC1c2ccccc2-c2ccccc21)C(=O)OCc1ccc(OCCC(=O)Oc2cc(Cl)c(Cl)cc2Cl)cc1. The average molecular weight is 697 g/mol. The first kappa shape index (κ1) is 34.1. The van der Waals surface area contributed by atoms with Crippen molar-refractivity contribution in [2.75, 3.05) is 13.2 Å². The molecule has 1 aliphatic rings. The molecule has 0 bridgehead atoms. The Kier molecular flexibility index (Phi) is 11.3. The number of benzene rings is 4. The van der Waals surface area contributed by atoms with Gasteiger partial charge in [-0.2, -0.15) is 0 Å². The van der Waals surface area contributed by atoms with Crippen molar-refractivity contribution >= 4 is 52.8 Å². The second kappa shape index (κ2) is 15.6. The maximum absolute atomic E-state index is 13.0. The summed E-state index contributed by atoms with van der Waals surface area (Å²) in [6.45, 7) is 3.82. The zero-order chi connectivity index (χ0) is 33.5. The highest BCUT2D eigenvalue weighted by molar-refractivity contribution is 6.43. The largest absolute Gasteiger partial charge is 0.493 e. The van der Waals surface area contributed by atoms with Gasteiger partial charge in [0.05, 0.1) is 28.1 Å². The van der Waals surface area contributed by atoms with Crippen molar-refractivity contribution in [2.24, 2.45) is 5.92 Å². The second-order valence-corrected chi connectivity index (χ2v) is 12.4. The fourth-order valence-corrected chi connectivity index (χ4v) is 5.77. The van der Waals surface area contributed by atoms with E-state index in [0.717, 1.165) is 22.3 Å². The predicted octanol–water partition coefficient (Wildman–Crippen LogP) is 8.63. The van der Waals surface area contributed by atoms with Crippen molar-refractivity contribution in [3.05, 3.63) is 117 Å². The van der Waals surface area contributed by atoms with Crippen LogP contribution in [0.15, 0.2) is 84.9 Å². The standard InChI is InChI=1S/C36H32Cl3NO7/c1-21(2)34(40-36(43)46-20-28-26-9-5-3-7-24(26)25-8-4-6-10-27(25)28)35(42)45-19-22-11-13-23(14-12-22)44-16-15-33(41)47-32-18-30(38)29(37)17-31(32)39/h3-14,17-18,21,28,34H,15-16,19-20H2,1-2H3,(H,40,43). The Bertz CT molecular complexity index is 1710. The van der Waals surface area contributed by atoms with Crippen molar-refractivity contribution in [1.82, 2.24) is 5.32 Å². The van der Waals surface area contributed by atoms with Crippen LogP contribution in [0.5, 0.6) is 11.5 Å². The van der Waals surface area contributed by atoms with E-state index >= 15 is 0 Å². The Morgan fingerprint density at radius 2 is 1.40 bits per heavy atom. The van der Waals surface area contributed by atoms with E-state index in [0.29, 0.717) is 11.3 Å². The van der Waals surface area contributed by atoms with Gasteiger partial charge in [-0.05, 0) is 51.9 Å². The zero-order valence-corrected chi connectivity index (χ0v) is 27.9. The predicted molar refractivity (Wildman–Crippen MR) is 180 cm³/mol. The quantitative estimate of drug-likeness (QED) is 0.0899. The molecule has 47 heavy (non-hydrogen) atoms. The summed E-state index contributed by atoms with van der Waals surface area (Å²) in [7, 11) is 0. The first-order valence-corrected chi connectivity index (χ1v) is 16.1. The topological polar surface area (TPSA) is 100 Å². The summed E-state index contributed by atoms with van der Waals surface area (Å²) in [6.07, 6.45) is -0.726. The van der Waals surface area contributed by atoms with Gasteiger partial charge in [0.15, 0.2) is 5.75 Å². The summed E-state index contributed by atoms with van der Waals surface area (Å²) in [5.74, 6) is -0.838. The lowest BCUT2D eigenvalue weighted by Crippen LogP contribution is -2.45. The monoisotopic (exact) mass is 695 g/mol. The third-order valence-electron chi connectivity index (χ3n) is 7.62. The van der Waals surface area contributed by atoms with Gasteiger partial charge < -0.3 is 24.3 Å². The van der Waals surface area contributed by atoms with Crippen molar-refractivity contribution in [3.8, 4) is 22.6 Å². The van der Waals surface area contributed by atoms with Gasteiger partial charge in [0.2, 0.25) is 0 Å². The van der Waals surface area contributed by atoms with E-state index < -0.39 is 24.1 Å². The summed E-state index contributed by atoms with van der Waals surface area (Å²) in [5, 5.41) is 3.31. The number of alkyl carbamates (subject to hydrolysis) is 1. The number of ether oxygens (including phenoxy) is 4. The fourth-order valence-electron chi connectivity index (χ4n) is 5.20. The maximum atomic E-state index is 13.0. The molecular formula is C36H32Cl3NO7. The van der Waals surface area contributed by atoms with Gasteiger partial charge in [0.1, 0.15) is 25.0 Å². The summed E-state index contributed by atoms with van der Waals surface area (Å²) >= 11 is 17.9. The number of rotatable bonds is 12. The van der Waals surface area contributed by atoms with Crippen LogP contribution in [0.2, 0.25) is 15.1 Å². The van der Waals surface area contributed by atoms with Gasteiger partial charge in [-0.1, -0.05) is 109 Å². The number of esters is 2. The van der Waals surface area contributed by atoms with Gasteiger partial charge in [-0.25, -0.2) is 9.59 Å². The smallest absolute Gasteiger partial charge is 0.407 e. The Balaban J connectivity index is 1.06. The lowest BCUT2D eigenvalue weighted by atomic mass is 9.98. The Morgan fingerprint density at radius 3 is 2.04 bits per heavy atom. The average Bonchev–Trinajstić information content (AvgIpc) is 3.38. The normalized spacial score (nSPS) is 12.6. The molecule has 11 heteroatoms. The Labute approximate surface area is 287 Å². The van der Waals surface area contributed by atoms with Crippen molar-refractivity contribution in [1.29, 1.82) is 0 Å². The summed E-state index contributed by atoms with van der Waals surface area (Å²) in [4.78, 5) is 38.0. The molecule has 0 fully saturated rings. The second-order valence-electron chi connectivity index (χ2n) is 11.2. The van der Waals surface area contributed by atoms with E-state index in [2.05, 4.69) is 17.4 Å². The molecule has 1 atom stereocenters. The lowest BCUT2D eigenvalue weighted by molar-refractivity contribution is -0.148. The molecule has 8 nitrogen and oxygen atoms in total. The van der Waals surface area contributed by atoms with E-state index in [1.54, 1.807) is 24.3 Å². The third kappa shape index (κ3) is 8.57. The van der Waals surface area contributed by atoms with Crippen LogP contribution < -0.4 is 14.8 Å². The minimum absolute atomic E-state index is 0.00849. The lowest BCUT2D eigenvalue weighted by Gasteiger charge is -2.21. The number of carbonyl (C=O) groups excluding carboxylic acids is 3. The van der Waals surface area contributed by atoms with Crippen molar-refractivity contribution < 1.29 is 33.3 Å². The van der Waals surface area contributed by atoms with Crippen LogP contribution in [0, 0.1) is 5.92 Å². The number of halogens is 3. The minimum atomic E-state index is -0.896. The number of hydrogen-bond donors (Lipinski definition) is 1. The highest BCUT2D eigenvalue weighted by Crippen LogP contribution is 2.44. The van der Waals surface area contributed by atoms with Gasteiger partial charge in [0.25, 0.3) is 0 Å². The Morgan fingerprint density at radius 1 is 0.787 bits per heavy atom. The molecule has 4 aromatic carbocycles. The van der Waals surface area contributed by atoms with E-state index in [-0.39, 0.29) is 58.9 Å². The van der Waals surface area contributed by atoms with Crippen LogP contribution in [0.4, 0.5) is 4.79 Å². The molecule has 0 heterocycles. The fraction of sp³-hybridized carbons (Fsp3) is 0.250. The maximum Gasteiger partial charge on any atom is 0.407 e. The molecule has 0 aromatic heterocycles. The molecule has 1 unspecified atom stereocenters. The summed E-state index contributed by atoms with van der Waals surface area (Å²) in [6, 6.07) is 24.9. The minimum Gasteiger partial charge on any atom is -0.493 e. The molecule has 0 aliphatic heterocycles. The number of fused-ring (bicyclic) bond motifs is 3. The molecule has 5 rings (SSSR count). The van der Waals surface area contributed by atoms with Crippen LogP contribution >= 0.6 is 34.8 Å². The number of carbonyl (C=O) groups is 3. The highest BCUT2D eigenvalue weighted by atomic mass is 35.5. The summed E-state index contributed by atoms with van der Waals surface area (Å²) < 4.78 is 22.0. The van der Waals surface area contributed by atoms with E-state index in [1.165, 1.54) is 12.1 Å². The molecule has 1 aliphatic carbocycles. The molecule has 0 saturated heterocycles. The van der Waals surface area contributed by atoms with E-state index in [4.69, 9.17) is 53.8 Å². The van der Waals surface area contributed by atoms with Crippen LogP contribution in [-0.4, -0.2) is 37.3 Å². The van der Waals surface area contributed by atoms with Crippen molar-refractivity contribution in [3.63, 3.8) is 0 Å². The molecule has 1 N–H and O–H groups in total. The third-order valence-corrected chi connectivity index (χ3v) is 8.63. The molecule has 244 valence electrons. The van der Waals surface area contributed by atoms with E-state index in [1.807, 2.05) is 50.2 Å². The van der Waals surface area contributed by atoms with Crippen LogP contribution in [0.1, 0.15) is 42.9 Å². The van der Waals surface area contributed by atoms with E-state index in [9.17, 15) is 14.4 Å². The summed E-state index contributed by atoms with van der Waals surface area (Å²) in [5.41, 5.74) is 5.18. The number of nitrogens with one attached hydrogen (secondary N) is 1. The Hall–Kier alpha value is -4.24. The van der Waals surface area contributed by atoms with Crippen molar-refractivity contribution in [2.45, 2.75) is 38.8 Å². The van der Waals surface area contributed by atoms with Crippen LogP contribution in [-0.2, 0) is 25.7 Å². The first-order chi connectivity index (χ1) is 22.6. The van der Waals surface area contributed by atoms with Crippen LogP contribution in [0.3, 0.4) is 0 Å². The first-order valence-electron chi connectivity index (χ1n) is 15.0. The number of hydrogen-bond acceptors (Lipinski definition) is 7. The van der Waals surface area contributed by atoms with Gasteiger partial charge >= 0.3 is 18.0 Å². The van der Waals surface area contributed by atoms with Gasteiger partial charge in [-0.3, -0.25) is 4.79 Å². The molecule has 0 radical (unpaired) electrons. The number of amides is 1. The van der Waals surface area contributed by atoms with Gasteiger partial charge in [-0.15, -0.1) is 0 Å². The molecule has 0 saturated carbocycles. The molecular weight excluding hydrogens is 665 g/mol. The zero-order valence-electron chi connectivity index (χ0n) is 25.6. The molecule has 1 amide bonds. The highest BCUT2D eigenvalue weighted by Gasteiger charge is 2.31. The van der Waals surface area contributed by atoms with Crippen LogP contribution in [0.25, 0.3) is 11.1 Å². The molecule has 0 spiro atoms. The molecule has 4 aromatic rings. The van der Waals surface area contributed by atoms with Gasteiger partial charge in [0, 0.05) is 12.0 Å².